The minimum absolute atomic E-state index is 0.00379. The number of carbonyl (C=O) groups is 4. The van der Waals surface area contributed by atoms with Crippen LogP contribution in [0.25, 0.3) is 5.69 Å². The third-order valence-electron chi connectivity index (χ3n) is 7.43. The molecule has 2 aromatic rings. The number of nitrogens with one attached hydrogen (secondary N) is 1. The number of hydrogen-bond acceptors (Lipinski definition) is 8. The smallest absolute Gasteiger partial charge is 0.310 e. The molecular weight excluding hydrogens is 557 g/mol. The molecule has 11 nitrogen and oxygen atoms in total. The Morgan fingerprint density at radius 2 is 1.91 bits per heavy atom. The molecule has 3 N–H and O–H groups in total. The van der Waals surface area contributed by atoms with E-state index in [0.717, 1.165) is 0 Å². The fraction of sp³-hybridized carbons (Fsp3) is 0.516. The van der Waals surface area contributed by atoms with Crippen LogP contribution in [-0.2, 0) is 25.5 Å². The van der Waals surface area contributed by atoms with Gasteiger partial charge in [0.25, 0.3) is 5.91 Å². The molecule has 0 radical (unpaired) electrons. The zero-order chi connectivity index (χ0) is 31.9. The molecule has 1 aromatic carbocycles. The SMILES string of the molecule is CC(=O)OC(CC(=O)OC1C=CC(Nc2cc(-n3nc(C)c4c3CC(C)(C)CC4=O)cc(F)c2C(N)=O)C1)C[N+](C)(C)C. The number of nitrogens with zero attached hydrogens (tertiary/aromatic N) is 3. The molecule has 43 heavy (non-hydrogen) atoms. The molecule has 1 heterocycles. The Balaban J connectivity index is 1.52. The quantitative estimate of drug-likeness (QED) is 0.241. The highest BCUT2D eigenvalue weighted by atomic mass is 19.1. The highest BCUT2D eigenvalue weighted by Crippen LogP contribution is 2.38. The van der Waals surface area contributed by atoms with Crippen molar-refractivity contribution in [1.82, 2.24) is 9.78 Å². The number of quaternary nitrogens is 1. The molecule has 4 rings (SSSR count). The molecule has 1 aromatic heterocycles. The number of aromatic nitrogens is 2. The van der Waals surface area contributed by atoms with Gasteiger partial charge < -0.3 is 25.0 Å². The van der Waals surface area contributed by atoms with Crippen molar-refractivity contribution in [3.63, 3.8) is 0 Å². The number of ketones is 1. The normalized spacial score (nSPS) is 20.0. The van der Waals surface area contributed by atoms with E-state index in [1.54, 1.807) is 29.8 Å². The lowest BCUT2D eigenvalue weighted by Gasteiger charge is -2.29. The number of esters is 2. The molecule has 0 fully saturated rings. The zero-order valence-electron chi connectivity index (χ0n) is 25.8. The van der Waals surface area contributed by atoms with Gasteiger partial charge in [0.05, 0.1) is 61.5 Å². The predicted octanol–water partition coefficient (Wildman–Crippen LogP) is 3.25. The number of ether oxygens (including phenoxy) is 2. The highest BCUT2D eigenvalue weighted by molar-refractivity contribution is 6.00. The van der Waals surface area contributed by atoms with Crippen molar-refractivity contribution in [2.45, 2.75) is 71.6 Å². The standard InChI is InChI=1S/C31H40FN5O6/c1-17-28-25(14-31(3,4)15-26(28)39)36(35-17)20-11-23(32)29(30(33)41)24(12-20)34-19-8-9-21(10-19)43-27(40)13-22(42-18(2)38)16-37(5,6)7/h8-9,11-12,19,21-22H,10,13-16H2,1-7H3,(H2-,33,34,41)/p+1. The van der Waals surface area contributed by atoms with Gasteiger partial charge >= 0.3 is 11.9 Å². The second kappa shape index (κ2) is 11.9. The van der Waals surface area contributed by atoms with Gasteiger partial charge in [0, 0.05) is 31.9 Å². The largest absolute Gasteiger partial charge is 0.458 e. The lowest BCUT2D eigenvalue weighted by atomic mass is 9.75. The first-order valence-electron chi connectivity index (χ1n) is 14.3. The monoisotopic (exact) mass is 598 g/mol. The van der Waals surface area contributed by atoms with Crippen LogP contribution in [0.4, 0.5) is 10.1 Å². The molecular formula is C31H41FN5O6+. The maximum absolute atomic E-state index is 15.4. The summed E-state index contributed by atoms with van der Waals surface area (Å²) in [5.41, 5.74) is 7.27. The van der Waals surface area contributed by atoms with Gasteiger partial charge in [-0.2, -0.15) is 5.10 Å². The molecule has 232 valence electrons. The van der Waals surface area contributed by atoms with Crippen LogP contribution in [0.2, 0.25) is 0 Å². The summed E-state index contributed by atoms with van der Waals surface area (Å²) in [6.45, 7) is 7.48. The summed E-state index contributed by atoms with van der Waals surface area (Å²) < 4.78 is 28.4. The van der Waals surface area contributed by atoms with Gasteiger partial charge in [-0.05, 0) is 30.9 Å². The van der Waals surface area contributed by atoms with Gasteiger partial charge in [0.15, 0.2) is 11.9 Å². The van der Waals surface area contributed by atoms with Gasteiger partial charge in [-0.1, -0.05) is 19.9 Å². The molecule has 1 amide bonds. The maximum atomic E-state index is 15.4. The Kier molecular flexibility index (Phi) is 8.82. The molecule has 3 atom stereocenters. The number of aryl methyl sites for hydroxylation is 1. The minimum Gasteiger partial charge on any atom is -0.458 e. The summed E-state index contributed by atoms with van der Waals surface area (Å²) in [7, 11) is 5.79. The lowest BCUT2D eigenvalue weighted by Crippen LogP contribution is -2.44. The van der Waals surface area contributed by atoms with Crippen LogP contribution in [0.15, 0.2) is 24.3 Å². The molecule has 0 saturated heterocycles. The number of Topliss-reactive ketones (excluding diaryl/α,β-unsaturated/α-hetero) is 1. The predicted molar refractivity (Wildman–Crippen MR) is 157 cm³/mol. The number of hydrogen-bond donors (Lipinski definition) is 2. The Labute approximate surface area is 250 Å². The molecule has 0 spiro atoms. The van der Waals surface area contributed by atoms with Gasteiger partial charge in [0.2, 0.25) is 0 Å². The Morgan fingerprint density at radius 1 is 1.21 bits per heavy atom. The molecule has 0 saturated carbocycles. The van der Waals surface area contributed by atoms with Crippen molar-refractivity contribution < 1.29 is 37.5 Å². The second-order valence-corrected chi connectivity index (χ2v) is 13.3. The van der Waals surface area contributed by atoms with Crippen LogP contribution in [0.1, 0.15) is 72.1 Å². The zero-order valence-corrected chi connectivity index (χ0v) is 25.8. The average molecular weight is 599 g/mol. The maximum Gasteiger partial charge on any atom is 0.310 e. The van der Waals surface area contributed by atoms with E-state index in [4.69, 9.17) is 15.2 Å². The number of primary amides is 1. The van der Waals surface area contributed by atoms with E-state index in [-0.39, 0.29) is 28.9 Å². The van der Waals surface area contributed by atoms with Crippen molar-refractivity contribution >= 4 is 29.3 Å². The van der Waals surface area contributed by atoms with E-state index in [0.29, 0.717) is 52.9 Å². The Bertz CT molecular complexity index is 1490. The molecule has 2 aliphatic carbocycles. The summed E-state index contributed by atoms with van der Waals surface area (Å²) in [6, 6.07) is 2.37. The number of benzene rings is 1. The minimum atomic E-state index is -0.944. The summed E-state index contributed by atoms with van der Waals surface area (Å²) in [5, 5.41) is 7.71. The fourth-order valence-corrected chi connectivity index (χ4v) is 5.88. The third-order valence-corrected chi connectivity index (χ3v) is 7.43. The Hall–Kier alpha value is -4.06. The summed E-state index contributed by atoms with van der Waals surface area (Å²) in [5.74, 6) is -2.76. The molecule has 0 aliphatic heterocycles. The summed E-state index contributed by atoms with van der Waals surface area (Å²) in [4.78, 5) is 49.4. The first-order chi connectivity index (χ1) is 19.9. The van der Waals surface area contributed by atoms with Crippen molar-refractivity contribution in [1.29, 1.82) is 0 Å². The third kappa shape index (κ3) is 7.67. The number of likely N-dealkylation sites (N-methyl/N-ethyl adjacent to an activating group) is 1. The summed E-state index contributed by atoms with van der Waals surface area (Å²) in [6.07, 6.45) is 3.46. The van der Waals surface area contributed by atoms with Crippen LogP contribution < -0.4 is 11.1 Å². The van der Waals surface area contributed by atoms with Crippen LogP contribution in [0.3, 0.4) is 0 Å². The number of rotatable bonds is 10. The number of carbonyl (C=O) groups excluding carboxylic acids is 4. The summed E-state index contributed by atoms with van der Waals surface area (Å²) >= 11 is 0. The Morgan fingerprint density at radius 3 is 2.53 bits per heavy atom. The first kappa shape index (κ1) is 31.9. The molecule has 2 aliphatic rings. The van der Waals surface area contributed by atoms with Gasteiger partial charge in [-0.15, -0.1) is 0 Å². The van der Waals surface area contributed by atoms with Crippen LogP contribution in [-0.4, -0.2) is 83.8 Å². The number of anilines is 1. The highest BCUT2D eigenvalue weighted by Gasteiger charge is 2.36. The van der Waals surface area contributed by atoms with Gasteiger partial charge in [-0.25, -0.2) is 9.07 Å². The number of halogens is 1. The van der Waals surface area contributed by atoms with Crippen LogP contribution in [0, 0.1) is 18.2 Å². The van der Waals surface area contributed by atoms with E-state index in [1.165, 1.54) is 13.0 Å². The van der Waals surface area contributed by atoms with E-state index >= 15 is 4.39 Å². The van der Waals surface area contributed by atoms with E-state index in [9.17, 15) is 19.2 Å². The fourth-order valence-electron chi connectivity index (χ4n) is 5.88. The van der Waals surface area contributed by atoms with Crippen molar-refractivity contribution in [3.05, 3.63) is 52.6 Å². The number of fused-ring (bicyclic) bond motifs is 1. The lowest BCUT2D eigenvalue weighted by molar-refractivity contribution is -0.873. The molecule has 3 unspecified atom stereocenters. The van der Waals surface area contributed by atoms with Crippen molar-refractivity contribution in [2.75, 3.05) is 33.0 Å². The van der Waals surface area contributed by atoms with Crippen LogP contribution >= 0.6 is 0 Å². The average Bonchev–Trinajstić information content (AvgIpc) is 3.39. The first-order valence-corrected chi connectivity index (χ1v) is 14.3. The van der Waals surface area contributed by atoms with Crippen molar-refractivity contribution in [3.8, 4) is 5.69 Å². The van der Waals surface area contributed by atoms with E-state index < -0.39 is 41.9 Å². The number of nitrogens with two attached hydrogens (primary N) is 1. The van der Waals surface area contributed by atoms with E-state index in [2.05, 4.69) is 10.4 Å². The van der Waals surface area contributed by atoms with Gasteiger partial charge in [0.1, 0.15) is 18.5 Å². The van der Waals surface area contributed by atoms with Crippen molar-refractivity contribution in [2.24, 2.45) is 11.1 Å². The van der Waals surface area contributed by atoms with Crippen LogP contribution in [0.5, 0.6) is 0 Å². The van der Waals surface area contributed by atoms with Gasteiger partial charge in [-0.3, -0.25) is 19.2 Å². The molecule has 12 heteroatoms. The topological polar surface area (TPSA) is 143 Å². The number of amides is 1. The van der Waals surface area contributed by atoms with E-state index in [1.807, 2.05) is 35.0 Å². The second-order valence-electron chi connectivity index (χ2n) is 13.3. The molecule has 0 bridgehead atoms.